The lowest BCUT2D eigenvalue weighted by Gasteiger charge is -2.24. The van der Waals surface area contributed by atoms with Crippen LogP contribution in [0.5, 0.6) is 11.5 Å². The minimum absolute atomic E-state index is 0.131. The molecule has 0 spiro atoms. The van der Waals surface area contributed by atoms with E-state index < -0.39 is 11.9 Å². The maximum Gasteiger partial charge on any atom is 0.308 e. The second-order valence-electron chi connectivity index (χ2n) is 4.62. The van der Waals surface area contributed by atoms with Crippen LogP contribution in [0.2, 0.25) is 0 Å². The largest absolute Gasteiger partial charge is 0.496 e. The fourth-order valence-electron chi connectivity index (χ4n) is 1.98. The SMILES string of the molecule is CCN(CC(C)C(=O)O)C(=O)c1c(OC)cccc1OC. The second kappa shape index (κ2) is 7.52. The predicted octanol–water partition coefficient (Wildman–Crippen LogP) is 1.89. The molecule has 1 amide bonds. The van der Waals surface area contributed by atoms with Crippen molar-refractivity contribution in [2.24, 2.45) is 5.92 Å². The van der Waals surface area contributed by atoms with Crippen LogP contribution in [0.4, 0.5) is 0 Å². The monoisotopic (exact) mass is 295 g/mol. The summed E-state index contributed by atoms with van der Waals surface area (Å²) in [6, 6.07) is 5.07. The molecule has 6 nitrogen and oxygen atoms in total. The van der Waals surface area contributed by atoms with Gasteiger partial charge in [-0.3, -0.25) is 9.59 Å². The van der Waals surface area contributed by atoms with Crippen LogP contribution in [-0.4, -0.2) is 49.2 Å². The van der Waals surface area contributed by atoms with Gasteiger partial charge in [0.15, 0.2) is 0 Å². The zero-order chi connectivity index (χ0) is 16.0. The van der Waals surface area contributed by atoms with Crippen molar-refractivity contribution in [2.75, 3.05) is 27.3 Å². The summed E-state index contributed by atoms with van der Waals surface area (Å²) in [5.41, 5.74) is 0.307. The number of rotatable bonds is 7. The Morgan fingerprint density at radius 2 is 1.76 bits per heavy atom. The summed E-state index contributed by atoms with van der Waals surface area (Å²) in [6.07, 6.45) is 0. The summed E-state index contributed by atoms with van der Waals surface area (Å²) < 4.78 is 10.4. The Morgan fingerprint density at radius 1 is 1.24 bits per heavy atom. The van der Waals surface area contributed by atoms with Crippen LogP contribution in [0.25, 0.3) is 0 Å². The van der Waals surface area contributed by atoms with Crippen LogP contribution in [0.1, 0.15) is 24.2 Å². The van der Waals surface area contributed by atoms with E-state index in [1.807, 2.05) is 0 Å². The van der Waals surface area contributed by atoms with E-state index in [1.165, 1.54) is 19.1 Å². The standard InChI is InChI=1S/C15H21NO5/c1-5-16(9-10(2)15(18)19)14(17)13-11(20-3)7-6-8-12(13)21-4/h6-8,10H,5,9H2,1-4H3,(H,18,19). The quantitative estimate of drug-likeness (QED) is 0.831. The summed E-state index contributed by atoms with van der Waals surface area (Å²) in [4.78, 5) is 25.1. The minimum Gasteiger partial charge on any atom is -0.496 e. The van der Waals surface area contributed by atoms with Gasteiger partial charge in [0.1, 0.15) is 17.1 Å². The van der Waals surface area contributed by atoms with Crippen LogP contribution in [0.3, 0.4) is 0 Å². The van der Waals surface area contributed by atoms with Gasteiger partial charge in [0.25, 0.3) is 5.91 Å². The van der Waals surface area contributed by atoms with Gasteiger partial charge in [0, 0.05) is 13.1 Å². The molecule has 116 valence electrons. The van der Waals surface area contributed by atoms with E-state index in [-0.39, 0.29) is 12.5 Å². The van der Waals surface area contributed by atoms with Gasteiger partial charge >= 0.3 is 5.97 Å². The Balaban J connectivity index is 3.13. The molecule has 21 heavy (non-hydrogen) atoms. The number of carbonyl (C=O) groups excluding carboxylic acids is 1. The summed E-state index contributed by atoms with van der Waals surface area (Å²) in [5.74, 6) is -1.08. The molecule has 1 aromatic rings. The first-order chi connectivity index (χ1) is 9.96. The zero-order valence-electron chi connectivity index (χ0n) is 12.8. The second-order valence-corrected chi connectivity index (χ2v) is 4.62. The van der Waals surface area contributed by atoms with E-state index in [1.54, 1.807) is 32.0 Å². The third kappa shape index (κ3) is 3.87. The molecule has 0 aliphatic heterocycles. The van der Waals surface area contributed by atoms with Gasteiger partial charge in [0.2, 0.25) is 0 Å². The molecule has 1 rings (SSSR count). The van der Waals surface area contributed by atoms with Crippen molar-refractivity contribution < 1.29 is 24.2 Å². The first kappa shape index (κ1) is 16.8. The molecule has 0 aliphatic carbocycles. The maximum atomic E-state index is 12.7. The summed E-state index contributed by atoms with van der Waals surface area (Å²) in [5, 5.41) is 8.99. The maximum absolute atomic E-state index is 12.7. The van der Waals surface area contributed by atoms with Gasteiger partial charge in [-0.25, -0.2) is 0 Å². The van der Waals surface area contributed by atoms with E-state index >= 15 is 0 Å². The van der Waals surface area contributed by atoms with Crippen molar-refractivity contribution in [3.8, 4) is 11.5 Å². The summed E-state index contributed by atoms with van der Waals surface area (Å²) in [7, 11) is 2.95. The minimum atomic E-state index is -0.937. The van der Waals surface area contributed by atoms with Crippen LogP contribution < -0.4 is 9.47 Å². The third-order valence-corrected chi connectivity index (χ3v) is 3.23. The number of hydrogen-bond acceptors (Lipinski definition) is 4. The topological polar surface area (TPSA) is 76.1 Å². The molecule has 1 atom stereocenters. The molecule has 0 fully saturated rings. The number of benzene rings is 1. The molecule has 0 aromatic heterocycles. The Kier molecular flexibility index (Phi) is 6.02. The van der Waals surface area contributed by atoms with Crippen LogP contribution in [0.15, 0.2) is 18.2 Å². The molecule has 0 saturated carbocycles. The van der Waals surface area contributed by atoms with E-state index in [0.29, 0.717) is 23.6 Å². The highest BCUT2D eigenvalue weighted by Crippen LogP contribution is 2.29. The van der Waals surface area contributed by atoms with Gasteiger partial charge in [-0.2, -0.15) is 0 Å². The van der Waals surface area contributed by atoms with Gasteiger partial charge < -0.3 is 19.5 Å². The Labute approximate surface area is 124 Å². The molecule has 0 aliphatic rings. The predicted molar refractivity (Wildman–Crippen MR) is 77.9 cm³/mol. The van der Waals surface area contributed by atoms with Crippen LogP contribution in [0, 0.1) is 5.92 Å². The first-order valence-electron chi connectivity index (χ1n) is 6.69. The van der Waals surface area contributed by atoms with Crippen molar-refractivity contribution in [1.29, 1.82) is 0 Å². The van der Waals surface area contributed by atoms with E-state index in [0.717, 1.165) is 0 Å². The molecule has 1 N–H and O–H groups in total. The number of amides is 1. The molecule has 0 saturated heterocycles. The highest BCUT2D eigenvalue weighted by atomic mass is 16.5. The van der Waals surface area contributed by atoms with E-state index in [4.69, 9.17) is 14.6 Å². The van der Waals surface area contributed by atoms with Crippen LogP contribution >= 0.6 is 0 Å². The number of carboxylic acids is 1. The number of methoxy groups -OCH3 is 2. The van der Waals surface area contributed by atoms with Gasteiger partial charge in [0.05, 0.1) is 20.1 Å². The molecule has 6 heteroatoms. The fraction of sp³-hybridized carbons (Fsp3) is 0.467. The Hall–Kier alpha value is -2.24. The Bertz CT molecular complexity index is 493. The highest BCUT2D eigenvalue weighted by molar-refractivity contribution is 5.99. The number of nitrogens with zero attached hydrogens (tertiary/aromatic N) is 1. The van der Waals surface area contributed by atoms with Gasteiger partial charge in [-0.1, -0.05) is 13.0 Å². The molecule has 0 bridgehead atoms. The Morgan fingerprint density at radius 3 is 2.14 bits per heavy atom. The van der Waals surface area contributed by atoms with Crippen molar-refractivity contribution >= 4 is 11.9 Å². The molecule has 0 radical (unpaired) electrons. The number of carbonyl (C=O) groups is 2. The van der Waals surface area contributed by atoms with E-state index in [2.05, 4.69) is 0 Å². The smallest absolute Gasteiger partial charge is 0.308 e. The average Bonchev–Trinajstić information content (AvgIpc) is 2.50. The number of carboxylic acid groups (broad SMARTS) is 1. The molecular formula is C15H21NO5. The average molecular weight is 295 g/mol. The summed E-state index contributed by atoms with van der Waals surface area (Å²) in [6.45, 7) is 3.90. The molecular weight excluding hydrogens is 274 g/mol. The van der Waals surface area contributed by atoms with Crippen molar-refractivity contribution in [1.82, 2.24) is 4.90 Å². The van der Waals surface area contributed by atoms with Gasteiger partial charge in [-0.15, -0.1) is 0 Å². The number of ether oxygens (including phenoxy) is 2. The highest BCUT2D eigenvalue weighted by Gasteiger charge is 2.25. The molecule has 1 aromatic carbocycles. The lowest BCUT2D eigenvalue weighted by Crippen LogP contribution is -2.37. The van der Waals surface area contributed by atoms with Crippen molar-refractivity contribution in [2.45, 2.75) is 13.8 Å². The van der Waals surface area contributed by atoms with Crippen molar-refractivity contribution in [3.63, 3.8) is 0 Å². The van der Waals surface area contributed by atoms with Gasteiger partial charge in [-0.05, 0) is 19.1 Å². The fourth-order valence-corrected chi connectivity index (χ4v) is 1.98. The third-order valence-electron chi connectivity index (χ3n) is 3.23. The van der Waals surface area contributed by atoms with E-state index in [9.17, 15) is 9.59 Å². The zero-order valence-corrected chi connectivity index (χ0v) is 12.8. The normalized spacial score (nSPS) is 11.6. The first-order valence-corrected chi connectivity index (χ1v) is 6.69. The lowest BCUT2D eigenvalue weighted by atomic mass is 10.1. The lowest BCUT2D eigenvalue weighted by molar-refractivity contribution is -0.141. The molecule has 1 unspecified atom stereocenters. The number of hydrogen-bond donors (Lipinski definition) is 1. The van der Waals surface area contributed by atoms with Crippen molar-refractivity contribution in [3.05, 3.63) is 23.8 Å². The van der Waals surface area contributed by atoms with Crippen LogP contribution in [-0.2, 0) is 4.79 Å². The molecule has 0 heterocycles. The number of aliphatic carboxylic acids is 1. The summed E-state index contributed by atoms with van der Waals surface area (Å²) >= 11 is 0.